The van der Waals surface area contributed by atoms with Crippen molar-refractivity contribution in [2.45, 2.75) is 37.8 Å². The van der Waals surface area contributed by atoms with Gasteiger partial charge in [0.05, 0.1) is 5.56 Å². The van der Waals surface area contributed by atoms with Crippen LogP contribution in [0.25, 0.3) is 0 Å². The Balaban J connectivity index is 1.43. The van der Waals surface area contributed by atoms with Crippen molar-refractivity contribution in [1.29, 1.82) is 5.26 Å². The molecule has 2 fully saturated rings. The van der Waals surface area contributed by atoms with Crippen LogP contribution in [0.3, 0.4) is 0 Å². The van der Waals surface area contributed by atoms with Gasteiger partial charge in [-0.1, -0.05) is 12.1 Å². The third kappa shape index (κ3) is 3.96. The highest BCUT2D eigenvalue weighted by atomic mass is 16.5. The van der Waals surface area contributed by atoms with Crippen LogP contribution in [0.4, 0.5) is 0 Å². The maximum absolute atomic E-state index is 10.1. The second kappa shape index (κ2) is 6.46. The van der Waals surface area contributed by atoms with Crippen molar-refractivity contribution >= 4 is 0 Å². The van der Waals surface area contributed by atoms with E-state index in [1.54, 1.807) is 18.2 Å². The Morgan fingerprint density at radius 3 is 2.52 bits per heavy atom. The Morgan fingerprint density at radius 1 is 1.24 bits per heavy atom. The lowest BCUT2D eigenvalue weighted by Gasteiger charge is -2.20. The standard InChI is InChI=1S/C17H22N2O2/c18-9-14-3-1-2-4-16(14)21-11-15(20)10-19-17(12-5-6-12)13-7-8-13/h1-4,12-13,15,17,19-20H,5-8,10-11H2. The Kier molecular flexibility index (Phi) is 4.42. The molecule has 2 N–H and O–H groups in total. The zero-order valence-electron chi connectivity index (χ0n) is 12.2. The number of nitriles is 1. The molecule has 1 aromatic carbocycles. The Bertz CT molecular complexity index is 506. The van der Waals surface area contributed by atoms with Crippen LogP contribution in [-0.2, 0) is 0 Å². The number of ether oxygens (including phenoxy) is 1. The monoisotopic (exact) mass is 286 g/mol. The molecule has 2 aliphatic rings. The van der Waals surface area contributed by atoms with Gasteiger partial charge < -0.3 is 15.2 Å². The van der Waals surface area contributed by atoms with Crippen LogP contribution >= 0.6 is 0 Å². The van der Waals surface area contributed by atoms with Crippen LogP contribution in [0.2, 0.25) is 0 Å². The van der Waals surface area contributed by atoms with Crippen LogP contribution in [0.5, 0.6) is 5.75 Å². The minimum absolute atomic E-state index is 0.216. The summed E-state index contributed by atoms with van der Waals surface area (Å²) in [5.74, 6) is 2.19. The van der Waals surface area contributed by atoms with Gasteiger partial charge in [-0.25, -0.2) is 0 Å². The fraction of sp³-hybridized carbons (Fsp3) is 0.588. The topological polar surface area (TPSA) is 65.3 Å². The molecule has 0 amide bonds. The van der Waals surface area contributed by atoms with Crippen molar-refractivity contribution in [3.63, 3.8) is 0 Å². The van der Waals surface area contributed by atoms with Gasteiger partial charge in [-0.15, -0.1) is 0 Å². The summed E-state index contributed by atoms with van der Waals surface area (Å²) in [6.07, 6.45) is 4.77. The van der Waals surface area contributed by atoms with E-state index in [4.69, 9.17) is 10.00 Å². The summed E-state index contributed by atoms with van der Waals surface area (Å²) in [4.78, 5) is 0. The van der Waals surface area contributed by atoms with Crippen molar-refractivity contribution in [3.05, 3.63) is 29.8 Å². The molecule has 1 unspecified atom stereocenters. The average Bonchev–Trinajstić information content (AvgIpc) is 3.38. The number of hydrogen-bond acceptors (Lipinski definition) is 4. The summed E-state index contributed by atoms with van der Waals surface area (Å²) in [7, 11) is 0. The molecule has 0 radical (unpaired) electrons. The largest absolute Gasteiger partial charge is 0.489 e. The normalized spacial score (nSPS) is 19.3. The van der Waals surface area contributed by atoms with Crippen molar-refractivity contribution in [1.82, 2.24) is 5.32 Å². The van der Waals surface area contributed by atoms with E-state index in [-0.39, 0.29) is 6.61 Å². The molecule has 4 nitrogen and oxygen atoms in total. The second-order valence-electron chi connectivity index (χ2n) is 6.18. The van der Waals surface area contributed by atoms with Gasteiger partial charge in [-0.3, -0.25) is 0 Å². The maximum Gasteiger partial charge on any atom is 0.137 e. The van der Waals surface area contributed by atoms with Gasteiger partial charge in [-0.05, 0) is 49.7 Å². The molecule has 0 bridgehead atoms. The number of aliphatic hydroxyl groups is 1. The fourth-order valence-electron chi connectivity index (χ4n) is 2.83. The minimum Gasteiger partial charge on any atom is -0.489 e. The van der Waals surface area contributed by atoms with E-state index in [0.717, 1.165) is 11.8 Å². The number of nitrogens with zero attached hydrogens (tertiary/aromatic N) is 1. The lowest BCUT2D eigenvalue weighted by atomic mass is 10.1. The zero-order chi connectivity index (χ0) is 14.7. The van der Waals surface area contributed by atoms with Crippen molar-refractivity contribution < 1.29 is 9.84 Å². The first-order valence-electron chi connectivity index (χ1n) is 7.81. The van der Waals surface area contributed by atoms with E-state index >= 15 is 0 Å². The molecule has 21 heavy (non-hydrogen) atoms. The Labute approximate surface area is 125 Å². The van der Waals surface area contributed by atoms with Crippen LogP contribution in [0.1, 0.15) is 31.2 Å². The number of aliphatic hydroxyl groups excluding tert-OH is 1. The Hall–Kier alpha value is -1.57. The molecule has 3 rings (SSSR count). The van der Waals surface area contributed by atoms with E-state index in [0.29, 0.717) is 23.9 Å². The molecule has 0 aliphatic heterocycles. The highest BCUT2D eigenvalue weighted by Gasteiger charge is 2.41. The van der Waals surface area contributed by atoms with Crippen molar-refractivity contribution in [2.24, 2.45) is 11.8 Å². The summed E-state index contributed by atoms with van der Waals surface area (Å²) in [5, 5.41) is 22.6. The van der Waals surface area contributed by atoms with E-state index in [1.807, 2.05) is 6.07 Å². The molecular weight excluding hydrogens is 264 g/mol. The van der Waals surface area contributed by atoms with E-state index in [2.05, 4.69) is 11.4 Å². The molecule has 0 heterocycles. The van der Waals surface area contributed by atoms with Crippen LogP contribution < -0.4 is 10.1 Å². The van der Waals surface area contributed by atoms with Crippen molar-refractivity contribution in [2.75, 3.05) is 13.2 Å². The van der Waals surface area contributed by atoms with E-state index in [1.165, 1.54) is 25.7 Å². The summed E-state index contributed by atoms with van der Waals surface area (Å²) < 4.78 is 5.56. The molecule has 2 saturated carbocycles. The average molecular weight is 286 g/mol. The SMILES string of the molecule is N#Cc1ccccc1OCC(O)CNC(C1CC1)C1CC1. The molecule has 0 aromatic heterocycles. The quantitative estimate of drug-likeness (QED) is 0.768. The number of benzene rings is 1. The number of nitrogens with one attached hydrogen (secondary N) is 1. The molecule has 0 spiro atoms. The summed E-state index contributed by atoms with van der Waals surface area (Å²) in [6, 6.07) is 9.80. The predicted octanol–water partition coefficient (Wildman–Crippen LogP) is 2.08. The molecule has 112 valence electrons. The fourth-order valence-corrected chi connectivity index (χ4v) is 2.83. The summed E-state index contributed by atoms with van der Waals surface area (Å²) in [6.45, 7) is 0.778. The second-order valence-corrected chi connectivity index (χ2v) is 6.18. The van der Waals surface area contributed by atoms with Gasteiger partial charge in [0.1, 0.15) is 24.5 Å². The summed E-state index contributed by atoms with van der Waals surface area (Å²) in [5.41, 5.74) is 0.506. The van der Waals surface area contributed by atoms with E-state index < -0.39 is 6.10 Å². The summed E-state index contributed by atoms with van der Waals surface area (Å²) >= 11 is 0. The highest BCUT2D eigenvalue weighted by molar-refractivity contribution is 5.42. The van der Waals surface area contributed by atoms with Crippen LogP contribution in [0.15, 0.2) is 24.3 Å². The zero-order valence-corrected chi connectivity index (χ0v) is 12.2. The first kappa shape index (κ1) is 14.4. The maximum atomic E-state index is 10.1. The van der Waals surface area contributed by atoms with Crippen molar-refractivity contribution in [3.8, 4) is 11.8 Å². The lowest BCUT2D eigenvalue weighted by Crippen LogP contribution is -2.40. The van der Waals surface area contributed by atoms with Gasteiger partial charge in [0.2, 0.25) is 0 Å². The number of rotatable bonds is 8. The third-order valence-electron chi connectivity index (χ3n) is 4.29. The molecule has 1 atom stereocenters. The molecular formula is C17H22N2O2. The van der Waals surface area contributed by atoms with Gasteiger partial charge in [0.25, 0.3) is 0 Å². The molecule has 0 saturated heterocycles. The van der Waals surface area contributed by atoms with Crippen LogP contribution in [-0.4, -0.2) is 30.4 Å². The lowest BCUT2D eigenvalue weighted by molar-refractivity contribution is 0.101. The predicted molar refractivity (Wildman–Crippen MR) is 79.9 cm³/mol. The number of hydrogen-bond donors (Lipinski definition) is 2. The molecule has 1 aromatic rings. The first-order valence-corrected chi connectivity index (χ1v) is 7.81. The minimum atomic E-state index is -0.545. The van der Waals surface area contributed by atoms with Gasteiger partial charge in [0, 0.05) is 12.6 Å². The molecule has 2 aliphatic carbocycles. The van der Waals surface area contributed by atoms with Crippen LogP contribution in [0, 0.1) is 23.2 Å². The van der Waals surface area contributed by atoms with Gasteiger partial charge in [-0.2, -0.15) is 5.26 Å². The Morgan fingerprint density at radius 2 is 1.90 bits per heavy atom. The molecule has 4 heteroatoms. The van der Waals surface area contributed by atoms with E-state index in [9.17, 15) is 5.11 Å². The van der Waals surface area contributed by atoms with Gasteiger partial charge in [0.15, 0.2) is 0 Å². The van der Waals surface area contributed by atoms with Gasteiger partial charge >= 0.3 is 0 Å². The number of para-hydroxylation sites is 1. The smallest absolute Gasteiger partial charge is 0.137 e. The first-order chi connectivity index (χ1) is 10.3. The third-order valence-corrected chi connectivity index (χ3v) is 4.29. The highest BCUT2D eigenvalue weighted by Crippen LogP contribution is 2.44.